The van der Waals surface area contributed by atoms with Crippen molar-refractivity contribution < 1.29 is 14.3 Å². The molecule has 0 atom stereocenters. The van der Waals surface area contributed by atoms with Gasteiger partial charge < -0.3 is 14.6 Å². The normalized spacial score (nSPS) is 10.8. The molecule has 0 radical (unpaired) electrons. The van der Waals surface area contributed by atoms with E-state index in [2.05, 4.69) is 9.97 Å². The van der Waals surface area contributed by atoms with Gasteiger partial charge in [-0.1, -0.05) is 54.6 Å². The molecule has 4 rings (SSSR count). The number of rotatable bonds is 8. The molecule has 0 fully saturated rings. The van der Waals surface area contributed by atoms with Gasteiger partial charge in [0, 0.05) is 30.3 Å². The fourth-order valence-electron chi connectivity index (χ4n) is 3.55. The van der Waals surface area contributed by atoms with Gasteiger partial charge in [-0.25, -0.2) is 4.98 Å². The summed E-state index contributed by atoms with van der Waals surface area (Å²) in [4.78, 5) is 47.1. The molecule has 3 aromatic carbocycles. The molecule has 0 saturated heterocycles. The fraction of sp³-hybridized carbons (Fsp3) is 0.154. The summed E-state index contributed by atoms with van der Waals surface area (Å²) in [7, 11) is 1.56. The van der Waals surface area contributed by atoms with Gasteiger partial charge in [-0.3, -0.25) is 14.4 Å². The molecule has 0 bridgehead atoms. The molecule has 4 aromatic rings. The van der Waals surface area contributed by atoms with Gasteiger partial charge in [0.15, 0.2) is 5.78 Å². The third kappa shape index (κ3) is 5.05. The standard InChI is InChI=1S/C26H23N3O4/c1-33-16-15-29(17-23-27-22-10-6-5-9-21(22)25(31)28-23)26(32)20-13-11-19(12-14-20)24(30)18-7-3-2-4-8-18/h2-14H,15-17H2,1H3,(H,27,28,31). The summed E-state index contributed by atoms with van der Waals surface area (Å²) in [5, 5.41) is 0.495. The highest BCUT2D eigenvalue weighted by atomic mass is 16.5. The molecular formula is C26H23N3O4. The van der Waals surface area contributed by atoms with E-state index in [4.69, 9.17) is 4.74 Å². The van der Waals surface area contributed by atoms with Crippen molar-refractivity contribution in [3.8, 4) is 0 Å². The lowest BCUT2D eigenvalue weighted by atomic mass is 10.0. The molecule has 1 N–H and O–H groups in total. The van der Waals surface area contributed by atoms with Crippen LogP contribution in [0, 0.1) is 0 Å². The molecule has 7 nitrogen and oxygen atoms in total. The van der Waals surface area contributed by atoms with Gasteiger partial charge >= 0.3 is 0 Å². The Morgan fingerprint density at radius 1 is 0.879 bits per heavy atom. The van der Waals surface area contributed by atoms with Crippen LogP contribution in [-0.4, -0.2) is 46.8 Å². The van der Waals surface area contributed by atoms with Gasteiger partial charge in [0.25, 0.3) is 11.5 Å². The van der Waals surface area contributed by atoms with E-state index in [1.807, 2.05) is 24.3 Å². The van der Waals surface area contributed by atoms with Crippen molar-refractivity contribution in [3.63, 3.8) is 0 Å². The molecule has 1 heterocycles. The highest BCUT2D eigenvalue weighted by Crippen LogP contribution is 2.14. The molecule has 0 aliphatic rings. The summed E-state index contributed by atoms with van der Waals surface area (Å²) in [6.45, 7) is 0.762. The molecule has 0 unspecified atom stereocenters. The lowest BCUT2D eigenvalue weighted by Crippen LogP contribution is -2.34. The SMILES string of the molecule is COCCN(Cc1nc2ccccc2c(=O)[nH]1)C(=O)c1ccc(C(=O)c2ccccc2)cc1. The predicted molar refractivity (Wildman–Crippen MR) is 125 cm³/mol. The molecule has 1 aromatic heterocycles. The second-order valence-electron chi connectivity index (χ2n) is 7.52. The van der Waals surface area contributed by atoms with Gasteiger partial charge in [0.2, 0.25) is 0 Å². The third-order valence-electron chi connectivity index (χ3n) is 5.29. The lowest BCUT2D eigenvalue weighted by Gasteiger charge is -2.22. The molecule has 0 saturated carbocycles. The zero-order valence-electron chi connectivity index (χ0n) is 18.2. The summed E-state index contributed by atoms with van der Waals surface area (Å²) in [5.74, 6) is 0.0318. The fourth-order valence-corrected chi connectivity index (χ4v) is 3.55. The van der Waals surface area contributed by atoms with Crippen LogP contribution in [0.4, 0.5) is 0 Å². The molecule has 166 valence electrons. The number of para-hydroxylation sites is 1. The minimum Gasteiger partial charge on any atom is -0.383 e. The van der Waals surface area contributed by atoms with Gasteiger partial charge in [-0.05, 0) is 24.3 Å². The average molecular weight is 441 g/mol. The number of aromatic amines is 1. The first kappa shape index (κ1) is 22.1. The number of hydrogen-bond donors (Lipinski definition) is 1. The van der Waals surface area contributed by atoms with Crippen molar-refractivity contribution >= 4 is 22.6 Å². The Bertz CT molecular complexity index is 1330. The van der Waals surface area contributed by atoms with E-state index in [0.29, 0.717) is 46.6 Å². The quantitative estimate of drug-likeness (QED) is 0.423. The van der Waals surface area contributed by atoms with E-state index < -0.39 is 0 Å². The maximum atomic E-state index is 13.2. The van der Waals surface area contributed by atoms with Crippen LogP contribution >= 0.6 is 0 Å². The first-order chi connectivity index (χ1) is 16.1. The Balaban J connectivity index is 1.56. The summed E-state index contributed by atoms with van der Waals surface area (Å²) in [6, 6.07) is 22.6. The largest absolute Gasteiger partial charge is 0.383 e. The highest BCUT2D eigenvalue weighted by Gasteiger charge is 2.18. The topological polar surface area (TPSA) is 92.4 Å². The Morgan fingerprint density at radius 2 is 1.52 bits per heavy atom. The van der Waals surface area contributed by atoms with Crippen molar-refractivity contribution in [2.75, 3.05) is 20.3 Å². The van der Waals surface area contributed by atoms with Gasteiger partial charge in [0.05, 0.1) is 24.1 Å². The number of aromatic nitrogens is 2. The van der Waals surface area contributed by atoms with Crippen molar-refractivity contribution in [1.82, 2.24) is 14.9 Å². The number of nitrogens with one attached hydrogen (secondary N) is 1. The molecule has 1 amide bonds. The number of H-pyrrole nitrogens is 1. The lowest BCUT2D eigenvalue weighted by molar-refractivity contribution is 0.0675. The number of ketones is 1. The number of hydrogen-bond acceptors (Lipinski definition) is 5. The first-order valence-electron chi connectivity index (χ1n) is 10.5. The zero-order valence-corrected chi connectivity index (χ0v) is 18.2. The summed E-state index contributed by atoms with van der Waals surface area (Å²) in [6.07, 6.45) is 0. The second kappa shape index (κ2) is 10.0. The number of methoxy groups -OCH3 is 1. The maximum Gasteiger partial charge on any atom is 0.258 e. The number of carbonyl (C=O) groups is 2. The van der Waals surface area contributed by atoms with Crippen molar-refractivity contribution in [3.05, 3.63) is 112 Å². The Hall–Kier alpha value is -4.10. The maximum absolute atomic E-state index is 13.2. The molecule has 7 heteroatoms. The summed E-state index contributed by atoms with van der Waals surface area (Å²) < 4.78 is 5.16. The first-order valence-corrected chi connectivity index (χ1v) is 10.5. The van der Waals surface area contributed by atoms with E-state index in [0.717, 1.165) is 0 Å². The van der Waals surface area contributed by atoms with Gasteiger partial charge in [-0.15, -0.1) is 0 Å². The van der Waals surface area contributed by atoms with Crippen LogP contribution in [0.3, 0.4) is 0 Å². The number of nitrogens with zero attached hydrogens (tertiary/aromatic N) is 2. The third-order valence-corrected chi connectivity index (χ3v) is 5.29. The van der Waals surface area contributed by atoms with Gasteiger partial charge in [0.1, 0.15) is 5.82 Å². The van der Waals surface area contributed by atoms with Crippen LogP contribution in [0.5, 0.6) is 0 Å². The Labute approximate surface area is 190 Å². The summed E-state index contributed by atoms with van der Waals surface area (Å²) in [5.41, 5.74) is 1.84. The van der Waals surface area contributed by atoms with E-state index in [-0.39, 0.29) is 23.8 Å². The minimum absolute atomic E-state index is 0.108. The van der Waals surface area contributed by atoms with E-state index >= 15 is 0 Å². The smallest absolute Gasteiger partial charge is 0.258 e. The van der Waals surface area contributed by atoms with Crippen molar-refractivity contribution in [1.29, 1.82) is 0 Å². The van der Waals surface area contributed by atoms with Crippen molar-refractivity contribution in [2.45, 2.75) is 6.54 Å². The Kier molecular flexibility index (Phi) is 6.71. The van der Waals surface area contributed by atoms with Gasteiger partial charge in [-0.2, -0.15) is 0 Å². The summed E-state index contributed by atoms with van der Waals surface area (Å²) >= 11 is 0. The molecule has 0 aliphatic carbocycles. The van der Waals surface area contributed by atoms with E-state index in [1.165, 1.54) is 0 Å². The minimum atomic E-state index is -0.251. The number of carbonyl (C=O) groups excluding carboxylic acids is 2. The molecule has 0 spiro atoms. The van der Waals surface area contributed by atoms with Crippen LogP contribution in [-0.2, 0) is 11.3 Å². The Morgan fingerprint density at radius 3 is 2.24 bits per heavy atom. The van der Waals surface area contributed by atoms with Crippen LogP contribution in [0.1, 0.15) is 32.1 Å². The average Bonchev–Trinajstić information content (AvgIpc) is 2.86. The molecule has 0 aliphatic heterocycles. The van der Waals surface area contributed by atoms with E-state index in [1.54, 1.807) is 66.6 Å². The zero-order chi connectivity index (χ0) is 23.2. The number of ether oxygens (including phenoxy) is 1. The second-order valence-corrected chi connectivity index (χ2v) is 7.52. The number of fused-ring (bicyclic) bond motifs is 1. The number of amides is 1. The van der Waals surface area contributed by atoms with Crippen molar-refractivity contribution in [2.24, 2.45) is 0 Å². The van der Waals surface area contributed by atoms with Crippen LogP contribution in [0.15, 0.2) is 83.7 Å². The predicted octanol–water partition coefficient (Wildman–Crippen LogP) is 3.44. The van der Waals surface area contributed by atoms with Crippen LogP contribution in [0.25, 0.3) is 10.9 Å². The number of benzene rings is 3. The van der Waals surface area contributed by atoms with Crippen LogP contribution in [0.2, 0.25) is 0 Å². The monoisotopic (exact) mass is 441 g/mol. The molecule has 33 heavy (non-hydrogen) atoms. The highest BCUT2D eigenvalue weighted by molar-refractivity contribution is 6.09. The molecular weight excluding hydrogens is 418 g/mol. The van der Waals surface area contributed by atoms with Crippen LogP contribution < -0.4 is 5.56 Å². The van der Waals surface area contributed by atoms with E-state index in [9.17, 15) is 14.4 Å².